The highest BCUT2D eigenvalue weighted by Gasteiger charge is 2.15. The number of benzene rings is 2. The van der Waals surface area contributed by atoms with Crippen molar-refractivity contribution in [2.45, 2.75) is 0 Å². The third-order valence-electron chi connectivity index (χ3n) is 2.65. The van der Waals surface area contributed by atoms with Gasteiger partial charge in [-0.25, -0.2) is 9.59 Å². The van der Waals surface area contributed by atoms with Crippen LogP contribution in [0.2, 0.25) is 10.0 Å². The van der Waals surface area contributed by atoms with E-state index in [1.54, 1.807) is 30.3 Å². The molecule has 0 heterocycles. The largest absolute Gasteiger partial charge is 0.478 e. The van der Waals surface area contributed by atoms with Crippen LogP contribution in [-0.2, 0) is 4.79 Å². The first-order chi connectivity index (χ1) is 10.5. The van der Waals surface area contributed by atoms with Gasteiger partial charge in [-0.3, -0.25) is 0 Å². The zero-order valence-corrected chi connectivity index (χ0v) is 12.6. The number of carboxylic acids is 1. The molecule has 112 valence electrons. The Bertz CT molecular complexity index is 739. The van der Waals surface area contributed by atoms with E-state index in [4.69, 9.17) is 33.0 Å². The Labute approximate surface area is 136 Å². The number of hydrogen-bond donors (Lipinski definition) is 1. The molecule has 2 aromatic rings. The van der Waals surface area contributed by atoms with Crippen molar-refractivity contribution in [3.63, 3.8) is 0 Å². The monoisotopic (exact) mass is 336 g/mol. The van der Waals surface area contributed by atoms with E-state index in [9.17, 15) is 9.59 Å². The molecule has 0 aliphatic carbocycles. The summed E-state index contributed by atoms with van der Waals surface area (Å²) in [6, 6.07) is 11.2. The van der Waals surface area contributed by atoms with Crippen molar-refractivity contribution < 1.29 is 19.4 Å². The second-order valence-corrected chi connectivity index (χ2v) is 5.08. The van der Waals surface area contributed by atoms with Gasteiger partial charge in [-0.15, -0.1) is 0 Å². The van der Waals surface area contributed by atoms with Crippen molar-refractivity contribution in [1.82, 2.24) is 0 Å². The molecule has 2 aromatic carbocycles. The Morgan fingerprint density at radius 1 is 1.09 bits per heavy atom. The van der Waals surface area contributed by atoms with E-state index in [2.05, 4.69) is 0 Å². The number of hydrogen-bond acceptors (Lipinski definition) is 3. The Morgan fingerprint density at radius 3 is 2.41 bits per heavy atom. The van der Waals surface area contributed by atoms with E-state index in [1.807, 2.05) is 0 Å². The van der Waals surface area contributed by atoms with Gasteiger partial charge in [0.1, 0.15) is 0 Å². The second kappa shape index (κ2) is 7.11. The van der Waals surface area contributed by atoms with E-state index in [1.165, 1.54) is 18.2 Å². The smallest absolute Gasteiger partial charge is 0.343 e. The fourth-order valence-corrected chi connectivity index (χ4v) is 2.25. The minimum atomic E-state index is -1.14. The van der Waals surface area contributed by atoms with Crippen LogP contribution in [0.15, 0.2) is 48.5 Å². The number of carbonyl (C=O) groups is 2. The van der Waals surface area contributed by atoms with Crippen molar-refractivity contribution in [2.75, 3.05) is 0 Å². The number of halogens is 2. The van der Waals surface area contributed by atoms with Gasteiger partial charge in [-0.2, -0.15) is 0 Å². The lowest BCUT2D eigenvalue weighted by atomic mass is 10.1. The number of carbonyl (C=O) groups excluding carboxylic acids is 1. The van der Waals surface area contributed by atoms with E-state index >= 15 is 0 Å². The molecule has 0 unspecified atom stereocenters. The van der Waals surface area contributed by atoms with Crippen LogP contribution in [0.1, 0.15) is 15.9 Å². The molecule has 0 aliphatic heterocycles. The van der Waals surface area contributed by atoms with Crippen LogP contribution in [0.3, 0.4) is 0 Å². The molecule has 0 atom stereocenters. The van der Waals surface area contributed by atoms with E-state index in [-0.39, 0.29) is 10.8 Å². The van der Waals surface area contributed by atoms with Crippen molar-refractivity contribution >= 4 is 41.2 Å². The molecule has 0 radical (unpaired) electrons. The maximum absolute atomic E-state index is 12.1. The number of carboxylic acid groups (broad SMARTS) is 1. The normalized spacial score (nSPS) is 10.6. The molecule has 0 fully saturated rings. The lowest BCUT2D eigenvalue weighted by molar-refractivity contribution is -0.131. The van der Waals surface area contributed by atoms with Crippen LogP contribution in [0.25, 0.3) is 6.08 Å². The zero-order chi connectivity index (χ0) is 16.1. The van der Waals surface area contributed by atoms with E-state index in [0.717, 1.165) is 6.08 Å². The molecule has 0 amide bonds. The molecule has 0 aromatic heterocycles. The molecule has 0 spiro atoms. The average molecular weight is 337 g/mol. The van der Waals surface area contributed by atoms with Crippen molar-refractivity contribution in [1.29, 1.82) is 0 Å². The van der Waals surface area contributed by atoms with Crippen molar-refractivity contribution in [3.05, 3.63) is 69.7 Å². The molecule has 4 nitrogen and oxygen atoms in total. The van der Waals surface area contributed by atoms with Crippen LogP contribution in [0.4, 0.5) is 0 Å². The Morgan fingerprint density at radius 2 is 1.77 bits per heavy atom. The summed E-state index contributed by atoms with van der Waals surface area (Å²) >= 11 is 11.9. The molecule has 1 N–H and O–H groups in total. The minimum absolute atomic E-state index is 0.0532. The molecule has 0 saturated carbocycles. The summed E-state index contributed by atoms with van der Waals surface area (Å²) in [6.07, 6.45) is 2.16. The molecule has 6 heteroatoms. The standard InChI is InChI=1S/C16H10Cl2O4/c17-12-8-11(6-7-14(19)20)15(13(18)9-12)22-16(21)10-4-2-1-3-5-10/h1-9H,(H,19,20). The van der Waals surface area contributed by atoms with Crippen molar-refractivity contribution in [3.8, 4) is 5.75 Å². The quantitative estimate of drug-likeness (QED) is 0.513. The molecule has 0 aliphatic rings. The summed E-state index contributed by atoms with van der Waals surface area (Å²) in [5.41, 5.74) is 0.644. The summed E-state index contributed by atoms with van der Waals surface area (Å²) in [7, 11) is 0. The van der Waals surface area contributed by atoms with Crippen LogP contribution in [0, 0.1) is 0 Å². The van der Waals surface area contributed by atoms with Crippen LogP contribution in [-0.4, -0.2) is 17.0 Å². The van der Waals surface area contributed by atoms with Crippen LogP contribution >= 0.6 is 23.2 Å². The molecule has 2 rings (SSSR count). The first-order valence-electron chi connectivity index (χ1n) is 6.14. The minimum Gasteiger partial charge on any atom is -0.478 e. The third kappa shape index (κ3) is 4.10. The Balaban J connectivity index is 2.37. The number of esters is 1. The lowest BCUT2D eigenvalue weighted by Gasteiger charge is -2.10. The maximum atomic E-state index is 12.1. The third-order valence-corrected chi connectivity index (χ3v) is 3.15. The van der Waals surface area contributed by atoms with Crippen LogP contribution < -0.4 is 4.74 Å². The summed E-state index contributed by atoms with van der Waals surface area (Å²) in [5.74, 6) is -1.69. The Kier molecular flexibility index (Phi) is 5.20. The van der Waals surface area contributed by atoms with E-state index < -0.39 is 11.9 Å². The Hall–Kier alpha value is -2.30. The summed E-state index contributed by atoms with van der Waals surface area (Å²) in [6.45, 7) is 0. The van der Waals surface area contributed by atoms with Gasteiger partial charge in [0.25, 0.3) is 0 Å². The first kappa shape index (κ1) is 16.1. The van der Waals surface area contributed by atoms with Gasteiger partial charge in [0.05, 0.1) is 10.6 Å². The van der Waals surface area contributed by atoms with Gasteiger partial charge >= 0.3 is 11.9 Å². The highest BCUT2D eigenvalue weighted by atomic mass is 35.5. The fraction of sp³-hybridized carbons (Fsp3) is 0. The first-order valence-corrected chi connectivity index (χ1v) is 6.90. The van der Waals surface area contributed by atoms with Gasteiger partial charge in [-0.1, -0.05) is 41.4 Å². The molecular formula is C16H10Cl2O4. The molecule has 22 heavy (non-hydrogen) atoms. The molecule has 0 saturated heterocycles. The second-order valence-electron chi connectivity index (χ2n) is 4.23. The fourth-order valence-electron chi connectivity index (χ4n) is 1.70. The zero-order valence-electron chi connectivity index (χ0n) is 11.1. The predicted molar refractivity (Wildman–Crippen MR) is 84.5 cm³/mol. The number of ether oxygens (including phenoxy) is 1. The highest BCUT2D eigenvalue weighted by molar-refractivity contribution is 6.36. The predicted octanol–water partition coefficient (Wildman–Crippen LogP) is 4.31. The highest BCUT2D eigenvalue weighted by Crippen LogP contribution is 2.34. The van der Waals surface area contributed by atoms with Gasteiger partial charge in [-0.05, 0) is 30.3 Å². The number of aliphatic carboxylic acids is 1. The summed E-state index contributed by atoms with van der Waals surface area (Å²) in [4.78, 5) is 22.7. The topological polar surface area (TPSA) is 63.6 Å². The lowest BCUT2D eigenvalue weighted by Crippen LogP contribution is -2.09. The van der Waals surface area contributed by atoms with E-state index in [0.29, 0.717) is 16.1 Å². The van der Waals surface area contributed by atoms with Gasteiger partial charge in [0.15, 0.2) is 5.75 Å². The van der Waals surface area contributed by atoms with Crippen molar-refractivity contribution in [2.24, 2.45) is 0 Å². The van der Waals surface area contributed by atoms with Gasteiger partial charge < -0.3 is 9.84 Å². The summed E-state index contributed by atoms with van der Waals surface area (Å²) in [5, 5.41) is 9.12. The number of rotatable bonds is 4. The summed E-state index contributed by atoms with van der Waals surface area (Å²) < 4.78 is 5.28. The average Bonchev–Trinajstić information content (AvgIpc) is 2.48. The molecule has 0 bridgehead atoms. The molecular weight excluding hydrogens is 327 g/mol. The van der Waals surface area contributed by atoms with Gasteiger partial charge in [0.2, 0.25) is 0 Å². The SMILES string of the molecule is O=C(O)C=Cc1cc(Cl)cc(Cl)c1OC(=O)c1ccccc1. The van der Waals surface area contributed by atoms with Gasteiger partial charge in [0, 0.05) is 16.7 Å². The van der Waals surface area contributed by atoms with Crippen LogP contribution in [0.5, 0.6) is 5.75 Å². The maximum Gasteiger partial charge on any atom is 0.343 e.